The molecule has 5 nitrogen and oxygen atoms in total. The Labute approximate surface area is 150 Å². The highest BCUT2D eigenvalue weighted by molar-refractivity contribution is 9.10. The lowest BCUT2D eigenvalue weighted by Crippen LogP contribution is -2.25. The Bertz CT molecular complexity index is 766. The second-order valence-corrected chi connectivity index (χ2v) is 6.07. The van der Waals surface area contributed by atoms with Gasteiger partial charge in [0.05, 0.1) is 18.4 Å². The van der Waals surface area contributed by atoms with Crippen LogP contribution in [0.25, 0.3) is 0 Å². The molecule has 1 aromatic carbocycles. The Hall–Kier alpha value is -1.95. The van der Waals surface area contributed by atoms with Gasteiger partial charge in [-0.2, -0.15) is 10.2 Å². The van der Waals surface area contributed by atoms with Crippen LogP contribution in [0.3, 0.4) is 0 Å². The topological polar surface area (TPSA) is 50.5 Å². The second kappa shape index (κ2) is 7.75. The van der Waals surface area contributed by atoms with E-state index in [-0.39, 0.29) is 5.56 Å². The summed E-state index contributed by atoms with van der Waals surface area (Å²) in [5.41, 5.74) is 1.52. The molecule has 1 aliphatic rings. The first-order valence-corrected chi connectivity index (χ1v) is 8.23. The molecule has 1 aromatic heterocycles. The normalized spacial score (nSPS) is 15.2. The van der Waals surface area contributed by atoms with Crippen LogP contribution in [0.2, 0.25) is 0 Å². The van der Waals surface area contributed by atoms with E-state index in [4.69, 9.17) is 0 Å². The van der Waals surface area contributed by atoms with Crippen molar-refractivity contribution in [3.8, 4) is 0 Å². The fourth-order valence-corrected chi connectivity index (χ4v) is 2.80. The summed E-state index contributed by atoms with van der Waals surface area (Å²) in [7, 11) is 1.62. The van der Waals surface area contributed by atoms with Crippen molar-refractivity contribution >= 4 is 27.8 Å². The predicted molar refractivity (Wildman–Crippen MR) is 98.7 cm³/mol. The number of hydrogen-bond acceptors (Lipinski definition) is 4. The van der Waals surface area contributed by atoms with Gasteiger partial charge in [0.2, 0.25) is 0 Å². The Morgan fingerprint density at radius 1 is 1.25 bits per heavy atom. The molecule has 0 bridgehead atoms. The minimum Gasteiger partial charge on any atom is -0.266 e. The highest BCUT2D eigenvalue weighted by Gasteiger charge is 2.17. The number of aromatic nitrogens is 2. The molecular weight excluding hydrogens is 368 g/mol. The average molecular weight is 384 g/mol. The molecule has 0 unspecified atom stereocenters. The fourth-order valence-electron chi connectivity index (χ4n) is 2.24. The van der Waals surface area contributed by atoms with Crippen LogP contribution >= 0.6 is 15.9 Å². The minimum absolute atomic E-state index is 0.200. The van der Waals surface area contributed by atoms with Crippen molar-refractivity contribution in [3.05, 3.63) is 88.5 Å². The first kappa shape index (κ1) is 16.9. The molecule has 0 atom stereocenters. The first-order valence-electron chi connectivity index (χ1n) is 7.44. The molecule has 1 aliphatic carbocycles. The Kier molecular flexibility index (Phi) is 5.45. The van der Waals surface area contributed by atoms with Crippen molar-refractivity contribution in [3.63, 3.8) is 0 Å². The summed E-state index contributed by atoms with van der Waals surface area (Å²) >= 11 is 3.37. The lowest BCUT2D eigenvalue weighted by Gasteiger charge is -2.20. The van der Waals surface area contributed by atoms with Crippen molar-refractivity contribution in [1.82, 2.24) is 9.78 Å². The van der Waals surface area contributed by atoms with Crippen LogP contribution in [-0.2, 0) is 13.6 Å². The molecule has 1 fully saturated rings. The monoisotopic (exact) mass is 383 g/mol. The molecule has 5 radical (unpaired) electrons. The first-order chi connectivity index (χ1) is 11.6. The number of benzene rings is 1. The third-order valence-corrected chi connectivity index (χ3v) is 4.29. The summed E-state index contributed by atoms with van der Waals surface area (Å²) in [5.74, 6) is 1.00. The molecule has 24 heavy (non-hydrogen) atoms. The molecular formula is C18H16BrN4O. The average Bonchev–Trinajstić information content (AvgIpc) is 3.11. The van der Waals surface area contributed by atoms with Gasteiger partial charge in [0.25, 0.3) is 5.56 Å². The summed E-state index contributed by atoms with van der Waals surface area (Å²) in [6, 6.07) is 9.97. The van der Waals surface area contributed by atoms with Gasteiger partial charge in [0.15, 0.2) is 0 Å². The van der Waals surface area contributed by atoms with Crippen molar-refractivity contribution in [2.24, 2.45) is 12.1 Å². The number of hydrogen-bond donors (Lipinski definition) is 0. The van der Waals surface area contributed by atoms with Gasteiger partial charge >= 0.3 is 0 Å². The zero-order valence-electron chi connectivity index (χ0n) is 13.1. The van der Waals surface area contributed by atoms with Gasteiger partial charge in [-0.25, -0.2) is 4.68 Å². The van der Waals surface area contributed by atoms with Gasteiger partial charge in [-0.1, -0.05) is 30.3 Å². The lowest BCUT2D eigenvalue weighted by atomic mass is 10.1. The predicted octanol–water partition coefficient (Wildman–Crippen LogP) is 2.94. The van der Waals surface area contributed by atoms with Crippen LogP contribution in [-0.4, -0.2) is 16.0 Å². The van der Waals surface area contributed by atoms with Crippen molar-refractivity contribution in [1.29, 1.82) is 0 Å². The van der Waals surface area contributed by atoms with Crippen LogP contribution in [0.15, 0.2) is 50.9 Å². The van der Waals surface area contributed by atoms with Crippen molar-refractivity contribution < 1.29 is 0 Å². The maximum Gasteiger partial charge on any atom is 0.282 e. The van der Waals surface area contributed by atoms with Gasteiger partial charge in [-0.05, 0) is 47.2 Å². The highest BCUT2D eigenvalue weighted by atomic mass is 79.9. The van der Waals surface area contributed by atoms with Gasteiger partial charge < -0.3 is 0 Å². The van der Waals surface area contributed by atoms with E-state index in [1.54, 1.807) is 24.5 Å². The van der Waals surface area contributed by atoms with E-state index in [1.807, 2.05) is 56.0 Å². The van der Waals surface area contributed by atoms with E-state index in [1.165, 1.54) is 4.68 Å². The molecule has 121 valence electrons. The van der Waals surface area contributed by atoms with E-state index in [2.05, 4.69) is 26.1 Å². The van der Waals surface area contributed by atoms with Gasteiger partial charge in [-0.3, -0.25) is 9.80 Å². The molecule has 3 rings (SSSR count). The molecule has 0 aliphatic heterocycles. The number of hydrazone groups is 1. The lowest BCUT2D eigenvalue weighted by molar-refractivity contribution is 0.695. The summed E-state index contributed by atoms with van der Waals surface area (Å²) in [5, 5.41) is 10.4. The zero-order chi connectivity index (χ0) is 16.9. The molecule has 0 amide bonds. The summed E-state index contributed by atoms with van der Waals surface area (Å²) in [6.07, 6.45) is 11.3. The van der Waals surface area contributed by atoms with E-state index in [0.717, 1.165) is 11.5 Å². The summed E-state index contributed by atoms with van der Waals surface area (Å²) < 4.78 is 1.73. The van der Waals surface area contributed by atoms with E-state index >= 15 is 0 Å². The van der Waals surface area contributed by atoms with E-state index < -0.39 is 0 Å². The van der Waals surface area contributed by atoms with Gasteiger partial charge in [-0.15, -0.1) is 0 Å². The van der Waals surface area contributed by atoms with Crippen LogP contribution in [0.1, 0.15) is 5.56 Å². The van der Waals surface area contributed by atoms with Crippen LogP contribution in [0.5, 0.6) is 0 Å². The number of nitrogens with zero attached hydrogens (tertiary/aromatic N) is 4. The van der Waals surface area contributed by atoms with Crippen LogP contribution < -0.4 is 10.6 Å². The van der Waals surface area contributed by atoms with E-state index in [0.29, 0.717) is 16.7 Å². The minimum atomic E-state index is -0.200. The Morgan fingerprint density at radius 2 is 1.96 bits per heavy atom. The number of halogens is 1. The number of anilines is 1. The third-order valence-electron chi connectivity index (χ3n) is 3.55. The Balaban J connectivity index is 1.92. The largest absolute Gasteiger partial charge is 0.282 e. The van der Waals surface area contributed by atoms with Gasteiger partial charge in [0.1, 0.15) is 4.47 Å². The quantitative estimate of drug-likeness (QED) is 0.589. The molecule has 6 heteroatoms. The molecule has 1 heterocycles. The van der Waals surface area contributed by atoms with Gasteiger partial charge in [0, 0.05) is 19.2 Å². The summed E-state index contributed by atoms with van der Waals surface area (Å²) in [6.45, 7) is 0.533. The molecule has 0 N–H and O–H groups in total. The Morgan fingerprint density at radius 3 is 2.67 bits per heavy atom. The molecule has 0 spiro atoms. The molecule has 0 saturated heterocycles. The maximum absolute atomic E-state index is 12.2. The highest BCUT2D eigenvalue weighted by Crippen LogP contribution is 2.25. The number of aryl methyl sites for hydroxylation is 1. The molecule has 2 aromatic rings. The fraction of sp³-hybridized carbons (Fsp3) is 0.111. The zero-order valence-corrected chi connectivity index (χ0v) is 14.7. The second-order valence-electron chi connectivity index (χ2n) is 5.28. The molecule has 1 saturated carbocycles. The van der Waals surface area contributed by atoms with Crippen molar-refractivity contribution in [2.75, 3.05) is 5.01 Å². The maximum atomic E-state index is 12.2. The third kappa shape index (κ3) is 3.93. The van der Waals surface area contributed by atoms with Crippen molar-refractivity contribution in [2.45, 2.75) is 6.54 Å². The number of rotatable bonds is 5. The standard InChI is InChI=1S/C18H16BrN4O/c1-22-18(24)17(19)16(12-20-22)23(13-15-9-3-2-4-10-15)21-11-14-7-5-6-8-14/h2-12H,13H2,1H3/b21-11+. The van der Waals surface area contributed by atoms with Crippen LogP contribution in [0, 0.1) is 31.6 Å². The summed E-state index contributed by atoms with van der Waals surface area (Å²) in [4.78, 5) is 12.2. The van der Waals surface area contributed by atoms with E-state index in [9.17, 15) is 4.79 Å². The smallest absolute Gasteiger partial charge is 0.266 e. The van der Waals surface area contributed by atoms with Crippen LogP contribution in [0.4, 0.5) is 5.69 Å². The SMILES string of the molecule is Cn1ncc(N(Cc2ccccc2)/N=C/[C]2[CH][CH][CH][CH]2)c(Br)c1=O.